The van der Waals surface area contributed by atoms with Crippen LogP contribution in [0.5, 0.6) is 0 Å². The van der Waals surface area contributed by atoms with Gasteiger partial charge in [0.1, 0.15) is 10.2 Å². The van der Waals surface area contributed by atoms with Gasteiger partial charge in [-0.25, -0.2) is 27.3 Å². The Morgan fingerprint density at radius 1 is 1.53 bits per heavy atom. The number of hydrogen-bond donors (Lipinski definition) is 1. The molecular weight excluding hydrogens is 328 g/mol. The molecule has 0 aliphatic rings. The molecular formula is C6H4BrF2N3O4S. The normalized spacial score (nSPS) is 11.8. The summed E-state index contributed by atoms with van der Waals surface area (Å²) in [7, 11) is -4.55. The molecule has 7 nitrogen and oxygen atoms in total. The zero-order valence-electron chi connectivity index (χ0n) is 7.80. The molecule has 1 rings (SSSR count). The van der Waals surface area contributed by atoms with E-state index in [2.05, 4.69) is 20.9 Å². The fourth-order valence-corrected chi connectivity index (χ4v) is 2.79. The summed E-state index contributed by atoms with van der Waals surface area (Å²) < 4.78 is 46.7. The summed E-state index contributed by atoms with van der Waals surface area (Å²) in [5, 5.41) is 15.4. The average Bonchev–Trinajstić information content (AvgIpc) is 2.14. The van der Waals surface area contributed by atoms with E-state index in [-0.39, 0.29) is 0 Å². The first-order valence-corrected chi connectivity index (χ1v) is 6.14. The Balaban J connectivity index is 3.80. The summed E-state index contributed by atoms with van der Waals surface area (Å²) in [4.78, 5) is 11.6. The largest absolute Gasteiger partial charge is 0.302 e. The molecule has 94 valence electrons. The summed E-state index contributed by atoms with van der Waals surface area (Å²) >= 11 is 2.61. The van der Waals surface area contributed by atoms with Gasteiger partial charge in [0.05, 0.1) is 4.92 Å². The van der Waals surface area contributed by atoms with Crippen LogP contribution in [0.2, 0.25) is 0 Å². The Bertz CT molecular complexity index is 577. The lowest BCUT2D eigenvalue weighted by Crippen LogP contribution is -2.17. The number of halogens is 3. The van der Waals surface area contributed by atoms with Crippen LogP contribution >= 0.6 is 15.9 Å². The van der Waals surface area contributed by atoms with Crippen LogP contribution in [-0.2, 0) is 10.0 Å². The Morgan fingerprint density at radius 3 is 2.41 bits per heavy atom. The van der Waals surface area contributed by atoms with E-state index in [0.717, 1.165) is 0 Å². The van der Waals surface area contributed by atoms with Crippen LogP contribution in [0.25, 0.3) is 0 Å². The minimum atomic E-state index is -4.55. The molecule has 11 heteroatoms. The molecule has 0 aromatic carbocycles. The van der Waals surface area contributed by atoms with Gasteiger partial charge in [-0.3, -0.25) is 10.1 Å². The molecule has 0 saturated heterocycles. The van der Waals surface area contributed by atoms with Gasteiger partial charge in [0, 0.05) is 6.20 Å². The second-order valence-electron chi connectivity index (χ2n) is 2.78. The van der Waals surface area contributed by atoms with Crippen LogP contribution in [0.1, 0.15) is 12.0 Å². The van der Waals surface area contributed by atoms with Crippen LogP contribution in [0.15, 0.2) is 15.7 Å². The Hall–Kier alpha value is -1.20. The number of nitro groups is 1. The molecule has 1 aromatic rings. The van der Waals surface area contributed by atoms with E-state index in [1.54, 1.807) is 0 Å². The Morgan fingerprint density at radius 2 is 2.06 bits per heavy atom. The first-order valence-electron chi connectivity index (χ1n) is 3.80. The van der Waals surface area contributed by atoms with Crippen molar-refractivity contribution in [3.05, 3.63) is 26.5 Å². The highest BCUT2D eigenvalue weighted by atomic mass is 79.9. The number of rotatable bonds is 3. The van der Waals surface area contributed by atoms with Crippen molar-refractivity contribution in [2.24, 2.45) is 5.14 Å². The molecule has 1 aromatic heterocycles. The molecule has 0 saturated carbocycles. The van der Waals surface area contributed by atoms with E-state index < -0.39 is 42.1 Å². The molecule has 0 aliphatic heterocycles. The number of primary sulfonamides is 1. The molecule has 0 atom stereocenters. The van der Waals surface area contributed by atoms with Gasteiger partial charge in [0.2, 0.25) is 10.0 Å². The monoisotopic (exact) mass is 331 g/mol. The lowest BCUT2D eigenvalue weighted by molar-refractivity contribution is -0.389. The highest BCUT2D eigenvalue weighted by Gasteiger charge is 2.34. The van der Waals surface area contributed by atoms with Crippen molar-refractivity contribution in [3.63, 3.8) is 0 Å². The molecule has 0 fully saturated rings. The summed E-state index contributed by atoms with van der Waals surface area (Å²) in [6, 6.07) is 0. The maximum atomic E-state index is 12.5. The third kappa shape index (κ3) is 2.73. The molecule has 0 spiro atoms. The molecule has 0 unspecified atom stereocenters. The second kappa shape index (κ2) is 4.58. The zero-order valence-corrected chi connectivity index (χ0v) is 10.2. The van der Waals surface area contributed by atoms with Crippen molar-refractivity contribution in [3.8, 4) is 0 Å². The third-order valence-corrected chi connectivity index (χ3v) is 3.51. The van der Waals surface area contributed by atoms with Crippen LogP contribution in [0, 0.1) is 10.1 Å². The van der Waals surface area contributed by atoms with Gasteiger partial charge in [0.25, 0.3) is 6.43 Å². The molecule has 0 aliphatic carbocycles. The zero-order chi connectivity index (χ0) is 13.4. The number of nitrogens with two attached hydrogens (primary N) is 1. The van der Waals surface area contributed by atoms with E-state index in [1.165, 1.54) is 0 Å². The molecule has 2 N–H and O–H groups in total. The molecule has 0 amide bonds. The summed E-state index contributed by atoms with van der Waals surface area (Å²) in [6.07, 6.45) is -2.72. The average molecular weight is 332 g/mol. The van der Waals surface area contributed by atoms with Crippen LogP contribution in [-0.4, -0.2) is 18.3 Å². The van der Waals surface area contributed by atoms with Gasteiger partial charge in [-0.2, -0.15) is 0 Å². The van der Waals surface area contributed by atoms with Crippen molar-refractivity contribution < 1.29 is 22.1 Å². The third-order valence-electron chi connectivity index (χ3n) is 1.70. The van der Waals surface area contributed by atoms with E-state index in [1.807, 2.05) is 0 Å². The topological polar surface area (TPSA) is 116 Å². The minimum absolute atomic E-state index is 0.490. The number of hydrogen-bond acceptors (Lipinski definition) is 5. The SMILES string of the molecule is NS(=O)(=O)c1c(Br)ncc(C(F)F)c1[N+](=O)[O-]. The first-order chi connectivity index (χ1) is 7.66. The van der Waals surface area contributed by atoms with E-state index in [4.69, 9.17) is 5.14 Å². The quantitative estimate of drug-likeness (QED) is 0.509. The fourth-order valence-electron chi connectivity index (χ4n) is 1.07. The number of aromatic nitrogens is 1. The van der Waals surface area contributed by atoms with Gasteiger partial charge >= 0.3 is 5.69 Å². The van der Waals surface area contributed by atoms with Crippen molar-refractivity contribution in [2.75, 3.05) is 0 Å². The lowest BCUT2D eigenvalue weighted by atomic mass is 10.2. The maximum absolute atomic E-state index is 12.5. The minimum Gasteiger partial charge on any atom is -0.258 e. The molecule has 0 radical (unpaired) electrons. The Labute approximate surface area is 102 Å². The number of sulfonamides is 1. The van der Waals surface area contributed by atoms with E-state index in [0.29, 0.717) is 6.20 Å². The highest BCUT2D eigenvalue weighted by Crippen LogP contribution is 2.36. The smallest absolute Gasteiger partial charge is 0.258 e. The number of pyridine rings is 1. The fraction of sp³-hybridized carbons (Fsp3) is 0.167. The number of alkyl halides is 2. The maximum Gasteiger partial charge on any atom is 0.302 e. The van der Waals surface area contributed by atoms with Crippen LogP contribution in [0.4, 0.5) is 14.5 Å². The van der Waals surface area contributed by atoms with Gasteiger partial charge in [-0.1, -0.05) is 0 Å². The molecule has 1 heterocycles. The Kier molecular flexibility index (Phi) is 3.74. The summed E-state index contributed by atoms with van der Waals surface area (Å²) in [5.74, 6) is 0. The molecule has 0 bridgehead atoms. The predicted molar refractivity (Wildman–Crippen MR) is 54.9 cm³/mol. The first kappa shape index (κ1) is 13.9. The second-order valence-corrected chi connectivity index (χ2v) is 5.03. The van der Waals surface area contributed by atoms with Crippen molar-refractivity contribution in [1.82, 2.24) is 4.98 Å². The van der Waals surface area contributed by atoms with Gasteiger partial charge in [-0.05, 0) is 15.9 Å². The molecule has 17 heavy (non-hydrogen) atoms. The highest BCUT2D eigenvalue weighted by molar-refractivity contribution is 9.10. The van der Waals surface area contributed by atoms with E-state index in [9.17, 15) is 27.3 Å². The van der Waals surface area contributed by atoms with E-state index >= 15 is 0 Å². The summed E-state index contributed by atoms with van der Waals surface area (Å²) in [5.41, 5.74) is -2.38. The summed E-state index contributed by atoms with van der Waals surface area (Å²) in [6.45, 7) is 0. The van der Waals surface area contributed by atoms with Crippen molar-refractivity contribution >= 4 is 31.6 Å². The van der Waals surface area contributed by atoms with Crippen molar-refractivity contribution in [1.29, 1.82) is 0 Å². The van der Waals surface area contributed by atoms with Gasteiger partial charge in [-0.15, -0.1) is 0 Å². The number of nitrogens with zero attached hydrogens (tertiary/aromatic N) is 2. The van der Waals surface area contributed by atoms with Crippen molar-refractivity contribution in [2.45, 2.75) is 11.3 Å². The standard InChI is InChI=1S/C6H4BrF2N3O4S/c7-5-4(17(10,15)16)3(12(13)14)2(1-11-5)6(8)9/h1,6H,(H2,10,15,16). The lowest BCUT2D eigenvalue weighted by Gasteiger charge is -2.06. The van der Waals surface area contributed by atoms with Crippen LogP contribution < -0.4 is 5.14 Å². The van der Waals surface area contributed by atoms with Gasteiger partial charge in [0.15, 0.2) is 4.90 Å². The predicted octanol–water partition coefficient (Wildman–Crippen LogP) is 1.34. The van der Waals surface area contributed by atoms with Crippen LogP contribution in [0.3, 0.4) is 0 Å². The van der Waals surface area contributed by atoms with Gasteiger partial charge < -0.3 is 0 Å².